The molecule has 5 nitrogen and oxygen atoms in total. The van der Waals surface area contributed by atoms with Crippen LogP contribution in [0, 0.1) is 11.8 Å². The molecular weight excluding hydrogens is 230 g/mol. The van der Waals surface area contributed by atoms with Crippen LogP contribution in [0.1, 0.15) is 17.3 Å². The largest absolute Gasteiger partial charge is 0.366 e. The SMILES string of the molecule is CC(C(=O)Nc1ccccc1C(N)=O)C1CNC1. The van der Waals surface area contributed by atoms with E-state index in [0.29, 0.717) is 17.2 Å². The average molecular weight is 247 g/mol. The number of hydrogen-bond acceptors (Lipinski definition) is 3. The fourth-order valence-corrected chi connectivity index (χ4v) is 1.93. The van der Waals surface area contributed by atoms with Crippen LogP contribution in [0.3, 0.4) is 0 Å². The topological polar surface area (TPSA) is 84.2 Å². The lowest BCUT2D eigenvalue weighted by atomic mass is 9.88. The molecule has 1 aliphatic rings. The third-order valence-electron chi connectivity index (χ3n) is 3.38. The van der Waals surface area contributed by atoms with E-state index in [1.54, 1.807) is 24.3 Å². The molecule has 2 rings (SSSR count). The first-order valence-corrected chi connectivity index (χ1v) is 6.00. The van der Waals surface area contributed by atoms with Gasteiger partial charge in [-0.3, -0.25) is 9.59 Å². The van der Waals surface area contributed by atoms with Crippen molar-refractivity contribution in [1.82, 2.24) is 5.32 Å². The van der Waals surface area contributed by atoms with Crippen molar-refractivity contribution in [2.24, 2.45) is 17.6 Å². The molecule has 1 fully saturated rings. The molecule has 2 amide bonds. The van der Waals surface area contributed by atoms with Crippen molar-refractivity contribution in [2.45, 2.75) is 6.92 Å². The van der Waals surface area contributed by atoms with Gasteiger partial charge in [-0.1, -0.05) is 19.1 Å². The van der Waals surface area contributed by atoms with Crippen LogP contribution in [-0.4, -0.2) is 24.9 Å². The molecule has 0 aliphatic carbocycles. The lowest BCUT2D eigenvalue weighted by Gasteiger charge is -2.31. The number of amides is 2. The number of nitrogens with two attached hydrogens (primary N) is 1. The molecule has 18 heavy (non-hydrogen) atoms. The van der Waals surface area contributed by atoms with Gasteiger partial charge in [0.25, 0.3) is 5.91 Å². The van der Waals surface area contributed by atoms with Gasteiger partial charge in [-0.25, -0.2) is 0 Å². The minimum absolute atomic E-state index is 0.0739. The molecule has 1 aromatic carbocycles. The zero-order valence-electron chi connectivity index (χ0n) is 10.3. The quantitative estimate of drug-likeness (QED) is 0.727. The summed E-state index contributed by atoms with van der Waals surface area (Å²) in [6, 6.07) is 6.77. The van der Waals surface area contributed by atoms with Crippen molar-refractivity contribution in [3.63, 3.8) is 0 Å². The van der Waals surface area contributed by atoms with Crippen LogP contribution in [0.15, 0.2) is 24.3 Å². The van der Waals surface area contributed by atoms with Gasteiger partial charge in [0.15, 0.2) is 0 Å². The number of anilines is 1. The fourth-order valence-electron chi connectivity index (χ4n) is 1.93. The van der Waals surface area contributed by atoms with E-state index in [1.165, 1.54) is 0 Å². The number of rotatable bonds is 4. The normalized spacial score (nSPS) is 16.7. The van der Waals surface area contributed by atoms with Crippen molar-refractivity contribution in [2.75, 3.05) is 18.4 Å². The van der Waals surface area contributed by atoms with E-state index in [9.17, 15) is 9.59 Å². The molecule has 0 bridgehead atoms. The summed E-state index contributed by atoms with van der Waals surface area (Å²) in [6.45, 7) is 3.63. The zero-order chi connectivity index (χ0) is 13.1. The summed E-state index contributed by atoms with van der Waals surface area (Å²) in [5.74, 6) is -0.322. The molecule has 0 spiro atoms. The highest BCUT2D eigenvalue weighted by molar-refractivity contribution is 6.03. The Bertz CT molecular complexity index is 469. The maximum atomic E-state index is 12.0. The third-order valence-corrected chi connectivity index (χ3v) is 3.38. The Morgan fingerprint density at radius 2 is 2.06 bits per heavy atom. The summed E-state index contributed by atoms with van der Waals surface area (Å²) >= 11 is 0. The van der Waals surface area contributed by atoms with E-state index in [-0.39, 0.29) is 11.8 Å². The van der Waals surface area contributed by atoms with Gasteiger partial charge in [-0.2, -0.15) is 0 Å². The van der Waals surface area contributed by atoms with Crippen LogP contribution < -0.4 is 16.4 Å². The minimum Gasteiger partial charge on any atom is -0.366 e. The van der Waals surface area contributed by atoms with Crippen molar-refractivity contribution in [1.29, 1.82) is 0 Å². The highest BCUT2D eigenvalue weighted by atomic mass is 16.2. The van der Waals surface area contributed by atoms with Crippen LogP contribution >= 0.6 is 0 Å². The van der Waals surface area contributed by atoms with Crippen LogP contribution in [0.25, 0.3) is 0 Å². The van der Waals surface area contributed by atoms with Crippen molar-refractivity contribution < 1.29 is 9.59 Å². The van der Waals surface area contributed by atoms with Gasteiger partial charge in [-0.15, -0.1) is 0 Å². The molecule has 1 aliphatic heterocycles. The average Bonchev–Trinajstić information content (AvgIpc) is 2.27. The summed E-state index contributed by atoms with van der Waals surface area (Å²) in [5, 5.41) is 5.91. The van der Waals surface area contributed by atoms with E-state index < -0.39 is 5.91 Å². The van der Waals surface area contributed by atoms with E-state index in [1.807, 2.05) is 6.92 Å². The molecule has 1 atom stereocenters. The van der Waals surface area contributed by atoms with Crippen molar-refractivity contribution in [3.05, 3.63) is 29.8 Å². The first kappa shape index (κ1) is 12.6. The maximum absolute atomic E-state index is 12.0. The second-order valence-electron chi connectivity index (χ2n) is 4.61. The molecule has 96 valence electrons. The first-order chi connectivity index (χ1) is 8.59. The van der Waals surface area contributed by atoms with Gasteiger partial charge >= 0.3 is 0 Å². The molecule has 0 aromatic heterocycles. The van der Waals surface area contributed by atoms with Crippen molar-refractivity contribution >= 4 is 17.5 Å². The molecule has 0 radical (unpaired) electrons. The second-order valence-corrected chi connectivity index (χ2v) is 4.61. The van der Waals surface area contributed by atoms with Crippen LogP contribution in [0.4, 0.5) is 5.69 Å². The third kappa shape index (κ3) is 2.51. The summed E-state index contributed by atoms with van der Waals surface area (Å²) in [4.78, 5) is 23.3. The van der Waals surface area contributed by atoms with Crippen LogP contribution in [0.5, 0.6) is 0 Å². The Kier molecular flexibility index (Phi) is 3.62. The molecular formula is C13H17N3O2. The van der Waals surface area contributed by atoms with E-state index >= 15 is 0 Å². The highest BCUT2D eigenvalue weighted by Crippen LogP contribution is 2.20. The van der Waals surface area contributed by atoms with Gasteiger partial charge in [0.05, 0.1) is 11.3 Å². The molecule has 4 N–H and O–H groups in total. The fraction of sp³-hybridized carbons (Fsp3) is 0.385. The van der Waals surface area contributed by atoms with E-state index in [4.69, 9.17) is 5.73 Å². The lowest BCUT2D eigenvalue weighted by molar-refractivity contribution is -0.121. The number of para-hydroxylation sites is 1. The molecule has 5 heteroatoms. The number of carbonyl (C=O) groups excluding carboxylic acids is 2. The van der Waals surface area contributed by atoms with Gasteiger partial charge in [0, 0.05) is 5.92 Å². The monoisotopic (exact) mass is 247 g/mol. The standard InChI is InChI=1S/C13H17N3O2/c1-8(9-6-15-7-9)13(18)16-11-5-3-2-4-10(11)12(14)17/h2-5,8-9,15H,6-7H2,1H3,(H2,14,17)(H,16,18). The van der Waals surface area contributed by atoms with Crippen LogP contribution in [-0.2, 0) is 4.79 Å². The smallest absolute Gasteiger partial charge is 0.250 e. The van der Waals surface area contributed by atoms with Gasteiger partial charge in [0.1, 0.15) is 0 Å². The second kappa shape index (κ2) is 5.18. The Hall–Kier alpha value is -1.88. The Morgan fingerprint density at radius 1 is 1.39 bits per heavy atom. The first-order valence-electron chi connectivity index (χ1n) is 6.00. The van der Waals surface area contributed by atoms with E-state index in [2.05, 4.69) is 10.6 Å². The molecule has 1 aromatic rings. The number of hydrogen-bond donors (Lipinski definition) is 3. The Balaban J connectivity index is 2.08. The number of primary amides is 1. The van der Waals surface area contributed by atoms with Gasteiger partial charge in [0.2, 0.25) is 5.91 Å². The van der Waals surface area contributed by atoms with Gasteiger partial charge < -0.3 is 16.4 Å². The minimum atomic E-state index is -0.538. The lowest BCUT2D eigenvalue weighted by Crippen LogP contribution is -2.48. The predicted molar refractivity (Wildman–Crippen MR) is 69.1 cm³/mol. The molecule has 1 unspecified atom stereocenters. The highest BCUT2D eigenvalue weighted by Gasteiger charge is 2.29. The summed E-state index contributed by atoms with van der Waals surface area (Å²) in [7, 11) is 0. The van der Waals surface area contributed by atoms with Crippen LogP contribution in [0.2, 0.25) is 0 Å². The predicted octanol–water partition coefficient (Wildman–Crippen LogP) is 0.579. The molecule has 0 saturated carbocycles. The molecule has 1 saturated heterocycles. The summed E-state index contributed by atoms with van der Waals surface area (Å²) in [5.41, 5.74) is 6.08. The summed E-state index contributed by atoms with van der Waals surface area (Å²) < 4.78 is 0. The number of carbonyl (C=O) groups is 2. The number of benzene rings is 1. The maximum Gasteiger partial charge on any atom is 0.250 e. The number of nitrogens with one attached hydrogen (secondary N) is 2. The molecule has 1 heterocycles. The van der Waals surface area contributed by atoms with E-state index in [0.717, 1.165) is 13.1 Å². The Labute approximate surface area is 106 Å². The Morgan fingerprint density at radius 3 is 2.61 bits per heavy atom. The van der Waals surface area contributed by atoms with Gasteiger partial charge in [-0.05, 0) is 31.1 Å². The zero-order valence-corrected chi connectivity index (χ0v) is 10.3. The van der Waals surface area contributed by atoms with Crippen molar-refractivity contribution in [3.8, 4) is 0 Å². The summed E-state index contributed by atoms with van der Waals surface area (Å²) in [6.07, 6.45) is 0.